The summed E-state index contributed by atoms with van der Waals surface area (Å²) in [4.78, 5) is 43.4. The maximum atomic E-state index is 12.8. The Kier molecular flexibility index (Phi) is 8.10. The molecule has 0 spiro atoms. The molecular weight excluding hydrogens is 362 g/mol. The summed E-state index contributed by atoms with van der Waals surface area (Å²) >= 11 is 0. The van der Waals surface area contributed by atoms with Gasteiger partial charge in [-0.05, 0) is 18.8 Å². The number of unbranched alkanes of at least 4 members (excludes halogenated alkanes) is 1. The number of anilines is 2. The third-order valence-electron chi connectivity index (χ3n) is 4.93. The van der Waals surface area contributed by atoms with Crippen LogP contribution in [0.5, 0.6) is 0 Å². The van der Waals surface area contributed by atoms with Gasteiger partial charge in [-0.2, -0.15) is 0 Å². The van der Waals surface area contributed by atoms with Crippen molar-refractivity contribution in [3.8, 4) is 0 Å². The van der Waals surface area contributed by atoms with Crippen molar-refractivity contribution >= 4 is 17.4 Å². The lowest BCUT2D eigenvalue weighted by Crippen LogP contribution is -2.48. The maximum absolute atomic E-state index is 12.8. The van der Waals surface area contributed by atoms with Gasteiger partial charge in [-0.25, -0.2) is 4.79 Å². The number of carbonyl (C=O) groups is 1. The lowest BCUT2D eigenvalue weighted by Gasteiger charge is -2.31. The molecule has 0 radical (unpaired) electrons. The Morgan fingerprint density at radius 1 is 1.29 bits per heavy atom. The molecule has 1 aromatic heterocycles. The predicted octanol–water partition coefficient (Wildman–Crippen LogP) is 0.630. The number of nitrogens with zero attached hydrogens (tertiary/aromatic N) is 3. The van der Waals surface area contributed by atoms with Crippen molar-refractivity contribution in [2.75, 3.05) is 50.0 Å². The molecule has 158 valence electrons. The summed E-state index contributed by atoms with van der Waals surface area (Å²) in [6.45, 7) is 9.28. The smallest absolute Gasteiger partial charge is 0.330 e. The molecule has 9 nitrogen and oxygen atoms in total. The number of hydrogen-bond donors (Lipinski definition) is 2. The van der Waals surface area contributed by atoms with Crippen molar-refractivity contribution in [1.82, 2.24) is 14.5 Å². The zero-order valence-corrected chi connectivity index (χ0v) is 17.2. The number of nitrogens with one attached hydrogen (secondary N) is 1. The number of aromatic amines is 1. The number of nitrogen functional groups attached to an aromatic ring is 1. The number of aromatic nitrogens is 2. The number of morpholine rings is 1. The summed E-state index contributed by atoms with van der Waals surface area (Å²) in [6, 6.07) is 0. The van der Waals surface area contributed by atoms with E-state index in [0.29, 0.717) is 45.3 Å². The van der Waals surface area contributed by atoms with Crippen molar-refractivity contribution in [2.45, 2.75) is 46.6 Å². The maximum Gasteiger partial charge on any atom is 0.330 e. The molecule has 1 amide bonds. The van der Waals surface area contributed by atoms with Gasteiger partial charge in [-0.1, -0.05) is 27.2 Å². The molecule has 0 atom stereocenters. The molecule has 0 unspecified atom stereocenters. The first-order valence-corrected chi connectivity index (χ1v) is 10.1. The second kappa shape index (κ2) is 10.3. The molecule has 0 bridgehead atoms. The molecule has 3 N–H and O–H groups in total. The number of H-pyrrole nitrogens is 1. The Bertz CT molecular complexity index is 765. The minimum Gasteiger partial charge on any atom is -0.383 e. The van der Waals surface area contributed by atoms with Gasteiger partial charge in [0, 0.05) is 26.2 Å². The van der Waals surface area contributed by atoms with Crippen molar-refractivity contribution in [3.05, 3.63) is 20.8 Å². The highest BCUT2D eigenvalue weighted by Crippen LogP contribution is 2.19. The lowest BCUT2D eigenvalue weighted by molar-refractivity contribution is -0.133. The van der Waals surface area contributed by atoms with Crippen molar-refractivity contribution < 1.29 is 9.53 Å². The van der Waals surface area contributed by atoms with Crippen LogP contribution < -0.4 is 21.9 Å². The number of carbonyl (C=O) groups excluding carboxylic acids is 1. The number of ether oxygens (including phenoxy) is 1. The zero-order valence-electron chi connectivity index (χ0n) is 17.2. The van der Waals surface area contributed by atoms with Gasteiger partial charge in [0.05, 0.1) is 19.8 Å². The Morgan fingerprint density at radius 2 is 1.96 bits per heavy atom. The molecule has 1 saturated heterocycles. The minimum absolute atomic E-state index is 0.0476. The van der Waals surface area contributed by atoms with Crippen molar-refractivity contribution in [3.63, 3.8) is 0 Å². The molecular formula is C19H33N5O4. The van der Waals surface area contributed by atoms with Crippen LogP contribution in [0.3, 0.4) is 0 Å². The Labute approximate surface area is 165 Å². The van der Waals surface area contributed by atoms with E-state index in [4.69, 9.17) is 10.5 Å². The third kappa shape index (κ3) is 5.60. The minimum atomic E-state index is -0.547. The molecule has 0 aromatic carbocycles. The highest BCUT2D eigenvalue weighted by Gasteiger charge is 2.24. The largest absolute Gasteiger partial charge is 0.383 e. The summed E-state index contributed by atoms with van der Waals surface area (Å²) in [5.41, 5.74) is 5.39. The number of rotatable bonds is 9. The van der Waals surface area contributed by atoms with Crippen molar-refractivity contribution in [2.24, 2.45) is 5.92 Å². The van der Waals surface area contributed by atoms with Gasteiger partial charge >= 0.3 is 5.69 Å². The fourth-order valence-corrected chi connectivity index (χ4v) is 3.18. The lowest BCUT2D eigenvalue weighted by atomic mass is 10.1. The SMILES string of the molecule is CCCCn1c(N)c(N(CCC(C)C)CC(=O)N2CCOCC2)c(=O)[nH]c1=O. The van der Waals surface area contributed by atoms with E-state index in [1.807, 2.05) is 6.92 Å². The Balaban J connectivity index is 2.34. The van der Waals surface area contributed by atoms with Crippen LogP contribution in [-0.2, 0) is 16.1 Å². The number of amides is 1. The number of nitrogens with two attached hydrogens (primary N) is 1. The average molecular weight is 396 g/mol. The van der Waals surface area contributed by atoms with E-state index in [0.717, 1.165) is 19.3 Å². The highest BCUT2D eigenvalue weighted by molar-refractivity contribution is 5.82. The summed E-state index contributed by atoms with van der Waals surface area (Å²) < 4.78 is 6.69. The van der Waals surface area contributed by atoms with Gasteiger partial charge < -0.3 is 20.3 Å². The normalized spacial score (nSPS) is 14.5. The van der Waals surface area contributed by atoms with Gasteiger partial charge in [0.2, 0.25) is 5.91 Å². The van der Waals surface area contributed by atoms with Crippen LogP contribution in [0, 0.1) is 5.92 Å². The average Bonchev–Trinajstić information content (AvgIpc) is 2.66. The predicted molar refractivity (Wildman–Crippen MR) is 110 cm³/mol. The zero-order chi connectivity index (χ0) is 20.7. The van der Waals surface area contributed by atoms with Crippen LogP contribution >= 0.6 is 0 Å². The summed E-state index contributed by atoms with van der Waals surface area (Å²) in [5, 5.41) is 0. The first-order chi connectivity index (χ1) is 13.3. The van der Waals surface area contributed by atoms with E-state index in [2.05, 4.69) is 18.8 Å². The summed E-state index contributed by atoms with van der Waals surface area (Å²) in [6.07, 6.45) is 2.46. The summed E-state index contributed by atoms with van der Waals surface area (Å²) in [5.74, 6) is 0.449. The fraction of sp³-hybridized carbons (Fsp3) is 0.737. The second-order valence-corrected chi connectivity index (χ2v) is 7.60. The van der Waals surface area contributed by atoms with E-state index in [1.54, 1.807) is 9.80 Å². The molecule has 9 heteroatoms. The molecule has 1 aliphatic heterocycles. The van der Waals surface area contributed by atoms with E-state index in [1.165, 1.54) is 4.57 Å². The van der Waals surface area contributed by atoms with E-state index in [-0.39, 0.29) is 24.0 Å². The van der Waals surface area contributed by atoms with E-state index in [9.17, 15) is 14.4 Å². The molecule has 2 heterocycles. The molecule has 2 rings (SSSR count). The molecule has 0 aliphatic carbocycles. The quantitative estimate of drug-likeness (QED) is 0.634. The van der Waals surface area contributed by atoms with Crippen LogP contribution in [0.25, 0.3) is 0 Å². The van der Waals surface area contributed by atoms with Gasteiger partial charge in [-0.3, -0.25) is 19.1 Å². The highest BCUT2D eigenvalue weighted by atomic mass is 16.5. The Hall–Kier alpha value is -2.29. The topological polar surface area (TPSA) is 114 Å². The van der Waals surface area contributed by atoms with Crippen LogP contribution in [0.1, 0.15) is 40.0 Å². The molecule has 1 aliphatic rings. The Morgan fingerprint density at radius 3 is 2.57 bits per heavy atom. The van der Waals surface area contributed by atoms with Crippen LogP contribution in [0.4, 0.5) is 11.5 Å². The van der Waals surface area contributed by atoms with Crippen molar-refractivity contribution in [1.29, 1.82) is 0 Å². The van der Waals surface area contributed by atoms with Gasteiger partial charge in [0.15, 0.2) is 0 Å². The number of hydrogen-bond acceptors (Lipinski definition) is 6. The van der Waals surface area contributed by atoms with E-state index >= 15 is 0 Å². The standard InChI is InChI=1S/C19H33N5O4/c1-4-5-7-24-17(20)16(18(26)21-19(24)27)23(8-6-14(2)3)13-15(25)22-9-11-28-12-10-22/h14H,4-13,20H2,1-3H3,(H,21,26,27). The molecule has 1 aromatic rings. The summed E-state index contributed by atoms with van der Waals surface area (Å²) in [7, 11) is 0. The molecule has 28 heavy (non-hydrogen) atoms. The fourth-order valence-electron chi connectivity index (χ4n) is 3.18. The third-order valence-corrected chi connectivity index (χ3v) is 4.93. The monoisotopic (exact) mass is 395 g/mol. The first kappa shape index (κ1) is 22.0. The van der Waals surface area contributed by atoms with Crippen LogP contribution in [0.15, 0.2) is 9.59 Å². The van der Waals surface area contributed by atoms with Gasteiger partial charge in [-0.15, -0.1) is 0 Å². The first-order valence-electron chi connectivity index (χ1n) is 10.1. The van der Waals surface area contributed by atoms with Crippen LogP contribution in [0.2, 0.25) is 0 Å². The van der Waals surface area contributed by atoms with E-state index < -0.39 is 11.2 Å². The van der Waals surface area contributed by atoms with Gasteiger partial charge in [0.25, 0.3) is 5.56 Å². The van der Waals surface area contributed by atoms with Gasteiger partial charge in [0.1, 0.15) is 11.5 Å². The molecule has 0 saturated carbocycles. The van der Waals surface area contributed by atoms with Crippen LogP contribution in [-0.4, -0.2) is 59.8 Å². The molecule has 1 fully saturated rings. The second-order valence-electron chi connectivity index (χ2n) is 7.60.